The van der Waals surface area contributed by atoms with Gasteiger partial charge in [0.2, 0.25) is 5.91 Å². The van der Waals surface area contributed by atoms with Gasteiger partial charge in [-0.25, -0.2) is 4.39 Å². The minimum atomic E-state index is -0.458. The molecule has 2 N–H and O–H groups in total. The van der Waals surface area contributed by atoms with Crippen molar-refractivity contribution in [1.82, 2.24) is 0 Å². The van der Waals surface area contributed by atoms with E-state index >= 15 is 0 Å². The SMILES string of the molecule is Cc1cc(C(N)=O)ccc1COc1cccc(F)c1. The molecule has 0 atom stereocenters. The van der Waals surface area contributed by atoms with Crippen molar-refractivity contribution in [3.05, 3.63) is 65.0 Å². The van der Waals surface area contributed by atoms with Crippen LogP contribution in [-0.2, 0) is 6.61 Å². The van der Waals surface area contributed by atoms with E-state index in [1.165, 1.54) is 12.1 Å². The van der Waals surface area contributed by atoms with E-state index < -0.39 is 5.91 Å². The Morgan fingerprint density at radius 1 is 1.26 bits per heavy atom. The molecule has 3 nitrogen and oxygen atoms in total. The molecule has 0 saturated carbocycles. The van der Waals surface area contributed by atoms with E-state index in [2.05, 4.69) is 0 Å². The van der Waals surface area contributed by atoms with Crippen LogP contribution in [0.4, 0.5) is 4.39 Å². The van der Waals surface area contributed by atoms with Gasteiger partial charge in [0.15, 0.2) is 0 Å². The van der Waals surface area contributed by atoms with Gasteiger partial charge in [-0.05, 0) is 42.3 Å². The summed E-state index contributed by atoms with van der Waals surface area (Å²) in [4.78, 5) is 11.0. The molecule has 0 aliphatic heterocycles. The molecular formula is C15H14FNO2. The van der Waals surface area contributed by atoms with Gasteiger partial charge >= 0.3 is 0 Å². The number of halogens is 1. The maximum atomic E-state index is 13.0. The molecule has 0 aromatic heterocycles. The summed E-state index contributed by atoms with van der Waals surface area (Å²) >= 11 is 0. The van der Waals surface area contributed by atoms with E-state index in [4.69, 9.17) is 10.5 Å². The number of ether oxygens (including phenoxy) is 1. The van der Waals surface area contributed by atoms with E-state index in [1.54, 1.807) is 30.3 Å². The van der Waals surface area contributed by atoms with Crippen LogP contribution in [-0.4, -0.2) is 5.91 Å². The maximum Gasteiger partial charge on any atom is 0.248 e. The Kier molecular flexibility index (Phi) is 3.80. The van der Waals surface area contributed by atoms with Crippen molar-refractivity contribution in [1.29, 1.82) is 0 Å². The van der Waals surface area contributed by atoms with Gasteiger partial charge in [0.25, 0.3) is 0 Å². The van der Waals surface area contributed by atoms with Gasteiger partial charge in [0.05, 0.1) is 0 Å². The average molecular weight is 259 g/mol. The Balaban J connectivity index is 2.10. The fraction of sp³-hybridized carbons (Fsp3) is 0.133. The fourth-order valence-corrected chi connectivity index (χ4v) is 1.73. The molecule has 19 heavy (non-hydrogen) atoms. The summed E-state index contributed by atoms with van der Waals surface area (Å²) in [5.41, 5.74) is 7.50. The quantitative estimate of drug-likeness (QED) is 0.917. The summed E-state index contributed by atoms with van der Waals surface area (Å²) in [6, 6.07) is 11.1. The molecule has 0 unspecified atom stereocenters. The molecule has 2 aromatic carbocycles. The topological polar surface area (TPSA) is 52.3 Å². The van der Waals surface area contributed by atoms with Gasteiger partial charge in [-0.1, -0.05) is 12.1 Å². The number of hydrogen-bond donors (Lipinski definition) is 1. The standard InChI is InChI=1S/C15H14FNO2/c1-10-7-11(15(17)18)5-6-12(10)9-19-14-4-2-3-13(16)8-14/h2-8H,9H2,1H3,(H2,17,18). The summed E-state index contributed by atoms with van der Waals surface area (Å²) in [7, 11) is 0. The Labute approximate surface area is 110 Å². The molecule has 2 aromatic rings. The van der Waals surface area contributed by atoms with Gasteiger partial charge in [-0.15, -0.1) is 0 Å². The number of benzene rings is 2. The highest BCUT2D eigenvalue weighted by Crippen LogP contribution is 2.16. The minimum Gasteiger partial charge on any atom is -0.489 e. The van der Waals surface area contributed by atoms with Crippen molar-refractivity contribution in [3.8, 4) is 5.75 Å². The van der Waals surface area contributed by atoms with Gasteiger partial charge in [-0.2, -0.15) is 0 Å². The zero-order valence-corrected chi connectivity index (χ0v) is 10.5. The van der Waals surface area contributed by atoms with Gasteiger partial charge in [-0.3, -0.25) is 4.79 Å². The molecule has 0 aliphatic carbocycles. The predicted molar refractivity (Wildman–Crippen MR) is 70.4 cm³/mol. The number of nitrogens with two attached hydrogens (primary N) is 1. The second-order valence-corrected chi connectivity index (χ2v) is 4.25. The van der Waals surface area contributed by atoms with Gasteiger partial charge < -0.3 is 10.5 Å². The Hall–Kier alpha value is -2.36. The second-order valence-electron chi connectivity index (χ2n) is 4.25. The maximum absolute atomic E-state index is 13.0. The molecular weight excluding hydrogens is 245 g/mol. The lowest BCUT2D eigenvalue weighted by atomic mass is 10.1. The lowest BCUT2D eigenvalue weighted by molar-refractivity contribution is 0.1000. The molecule has 0 aliphatic rings. The van der Waals surface area contributed by atoms with Crippen LogP contribution < -0.4 is 10.5 Å². The van der Waals surface area contributed by atoms with Crippen LogP contribution in [0.5, 0.6) is 5.75 Å². The van der Waals surface area contributed by atoms with Gasteiger partial charge in [0, 0.05) is 11.6 Å². The van der Waals surface area contributed by atoms with Crippen LogP contribution in [0, 0.1) is 12.7 Å². The van der Waals surface area contributed by atoms with Gasteiger partial charge in [0.1, 0.15) is 18.2 Å². The first-order valence-corrected chi connectivity index (χ1v) is 5.84. The first-order valence-electron chi connectivity index (χ1n) is 5.84. The molecule has 0 radical (unpaired) electrons. The van der Waals surface area contributed by atoms with Crippen molar-refractivity contribution < 1.29 is 13.9 Å². The lowest BCUT2D eigenvalue weighted by Crippen LogP contribution is -2.11. The first kappa shape index (κ1) is 13.1. The summed E-state index contributed by atoms with van der Waals surface area (Å²) in [6.07, 6.45) is 0. The average Bonchev–Trinajstić information content (AvgIpc) is 2.37. The minimum absolute atomic E-state index is 0.314. The van der Waals surface area contributed by atoms with E-state index in [-0.39, 0.29) is 5.82 Å². The monoisotopic (exact) mass is 259 g/mol. The normalized spacial score (nSPS) is 10.2. The first-order chi connectivity index (χ1) is 9.06. The summed E-state index contributed by atoms with van der Waals surface area (Å²) in [5.74, 6) is -0.322. The van der Waals surface area contributed by atoms with Crippen molar-refractivity contribution >= 4 is 5.91 Å². The summed E-state index contributed by atoms with van der Waals surface area (Å²) < 4.78 is 18.5. The number of hydrogen-bond acceptors (Lipinski definition) is 2. The molecule has 0 fully saturated rings. The van der Waals surface area contributed by atoms with Crippen molar-refractivity contribution in [2.45, 2.75) is 13.5 Å². The number of aryl methyl sites for hydroxylation is 1. The highest BCUT2D eigenvalue weighted by Gasteiger charge is 2.05. The number of carbonyl (C=O) groups is 1. The Morgan fingerprint density at radius 3 is 2.68 bits per heavy atom. The number of rotatable bonds is 4. The van der Waals surface area contributed by atoms with Crippen LogP contribution in [0.25, 0.3) is 0 Å². The summed E-state index contributed by atoms with van der Waals surface area (Å²) in [6.45, 7) is 2.19. The van der Waals surface area contributed by atoms with E-state index in [1.807, 2.05) is 6.92 Å². The van der Waals surface area contributed by atoms with Crippen LogP contribution >= 0.6 is 0 Å². The molecule has 0 spiro atoms. The van der Waals surface area contributed by atoms with Crippen molar-refractivity contribution in [2.24, 2.45) is 5.73 Å². The van der Waals surface area contributed by atoms with E-state index in [9.17, 15) is 9.18 Å². The van der Waals surface area contributed by atoms with Crippen LogP contribution in [0.2, 0.25) is 0 Å². The summed E-state index contributed by atoms with van der Waals surface area (Å²) in [5, 5.41) is 0. The molecule has 1 amide bonds. The molecule has 0 saturated heterocycles. The Morgan fingerprint density at radius 2 is 2.05 bits per heavy atom. The van der Waals surface area contributed by atoms with E-state index in [0.717, 1.165) is 11.1 Å². The largest absolute Gasteiger partial charge is 0.489 e. The van der Waals surface area contributed by atoms with Crippen LogP contribution in [0.1, 0.15) is 21.5 Å². The number of carbonyl (C=O) groups excluding carboxylic acids is 1. The van der Waals surface area contributed by atoms with E-state index in [0.29, 0.717) is 17.9 Å². The van der Waals surface area contributed by atoms with Crippen molar-refractivity contribution in [2.75, 3.05) is 0 Å². The number of primary amides is 1. The highest BCUT2D eigenvalue weighted by atomic mass is 19.1. The molecule has 98 valence electrons. The Bertz CT molecular complexity index is 611. The second kappa shape index (κ2) is 5.52. The van der Waals surface area contributed by atoms with Crippen LogP contribution in [0.3, 0.4) is 0 Å². The smallest absolute Gasteiger partial charge is 0.248 e. The number of amides is 1. The predicted octanol–water partition coefficient (Wildman–Crippen LogP) is 2.81. The lowest BCUT2D eigenvalue weighted by Gasteiger charge is -2.09. The van der Waals surface area contributed by atoms with Crippen LogP contribution in [0.15, 0.2) is 42.5 Å². The molecule has 4 heteroatoms. The third-order valence-electron chi connectivity index (χ3n) is 2.82. The molecule has 2 rings (SSSR count). The highest BCUT2D eigenvalue weighted by molar-refractivity contribution is 5.93. The zero-order valence-electron chi connectivity index (χ0n) is 10.5. The fourth-order valence-electron chi connectivity index (χ4n) is 1.73. The zero-order chi connectivity index (χ0) is 13.8. The third kappa shape index (κ3) is 3.31. The molecule has 0 bridgehead atoms. The molecule has 0 heterocycles. The third-order valence-corrected chi connectivity index (χ3v) is 2.82. The van der Waals surface area contributed by atoms with Crippen molar-refractivity contribution in [3.63, 3.8) is 0 Å².